The van der Waals surface area contributed by atoms with E-state index >= 15 is 0 Å². The van der Waals surface area contributed by atoms with Crippen LogP contribution >= 0.6 is 23.2 Å². The molecule has 0 aliphatic heterocycles. The van der Waals surface area contributed by atoms with Gasteiger partial charge in [-0.1, -0.05) is 71.7 Å². The van der Waals surface area contributed by atoms with Gasteiger partial charge in [-0.25, -0.2) is 0 Å². The van der Waals surface area contributed by atoms with Gasteiger partial charge in [0.05, 0.1) is 0 Å². The minimum Gasteiger partial charge on any atom is -0.0882 e. The summed E-state index contributed by atoms with van der Waals surface area (Å²) in [6, 6.07) is 17.1. The van der Waals surface area contributed by atoms with Gasteiger partial charge >= 0.3 is 0 Å². The van der Waals surface area contributed by atoms with Gasteiger partial charge < -0.3 is 0 Å². The molecule has 0 saturated heterocycles. The molecule has 2 atom stereocenters. The van der Waals surface area contributed by atoms with Crippen LogP contribution in [0.4, 0.5) is 0 Å². The van der Waals surface area contributed by atoms with Gasteiger partial charge in [0.15, 0.2) is 0 Å². The first-order valence-electron chi connectivity index (χ1n) is 8.00. The van der Waals surface area contributed by atoms with E-state index in [1.165, 1.54) is 33.4 Å². The van der Waals surface area contributed by atoms with E-state index in [1.54, 1.807) is 0 Å². The van der Waals surface area contributed by atoms with E-state index in [4.69, 9.17) is 23.2 Å². The lowest BCUT2D eigenvalue weighted by atomic mass is 9.87. The third kappa shape index (κ3) is 2.20. The molecule has 0 fully saturated rings. The molecule has 0 N–H and O–H groups in total. The predicted octanol–water partition coefficient (Wildman–Crippen LogP) is 6.91. The first-order chi connectivity index (χ1) is 11.1. The molecule has 2 heteroatoms. The second-order valence-corrected chi connectivity index (χ2v) is 7.28. The summed E-state index contributed by atoms with van der Waals surface area (Å²) < 4.78 is 0. The molecule has 116 valence electrons. The van der Waals surface area contributed by atoms with E-state index in [9.17, 15) is 0 Å². The van der Waals surface area contributed by atoms with Crippen LogP contribution in [-0.4, -0.2) is 0 Å². The van der Waals surface area contributed by atoms with Crippen LogP contribution in [0.25, 0.3) is 11.1 Å². The number of allylic oxidation sites excluding steroid dienone is 4. The Bertz CT molecular complexity index is 786. The Labute approximate surface area is 147 Å². The lowest BCUT2D eigenvalue weighted by Crippen LogP contribution is -2.04. The third-order valence-corrected chi connectivity index (χ3v) is 6.37. The zero-order valence-corrected chi connectivity index (χ0v) is 14.7. The summed E-state index contributed by atoms with van der Waals surface area (Å²) in [7, 11) is 0. The summed E-state index contributed by atoms with van der Waals surface area (Å²) >= 11 is 13.4. The predicted molar refractivity (Wildman–Crippen MR) is 99.9 cm³/mol. The van der Waals surface area contributed by atoms with Crippen LogP contribution in [0.3, 0.4) is 0 Å². The van der Waals surface area contributed by atoms with Gasteiger partial charge in [0.1, 0.15) is 0 Å². The molecule has 0 radical (unpaired) electrons. The highest BCUT2D eigenvalue weighted by molar-refractivity contribution is 6.35. The van der Waals surface area contributed by atoms with Crippen molar-refractivity contribution in [1.82, 2.24) is 0 Å². The molecule has 23 heavy (non-hydrogen) atoms. The van der Waals surface area contributed by atoms with E-state index < -0.39 is 0 Å². The van der Waals surface area contributed by atoms with Crippen molar-refractivity contribution < 1.29 is 0 Å². The van der Waals surface area contributed by atoms with E-state index in [2.05, 4.69) is 62.4 Å². The lowest BCUT2D eigenvalue weighted by Gasteiger charge is -2.20. The highest BCUT2D eigenvalue weighted by Gasteiger charge is 2.35. The fraction of sp³-hybridized carbons (Fsp3) is 0.238. The number of rotatable bonds is 2. The molecule has 0 bridgehead atoms. The highest BCUT2D eigenvalue weighted by Crippen LogP contribution is 2.53. The summed E-state index contributed by atoms with van der Waals surface area (Å²) in [5, 5.41) is 1.94. The number of fused-ring (bicyclic) bond motifs is 2. The number of hydrogen-bond donors (Lipinski definition) is 0. The van der Waals surface area contributed by atoms with Crippen LogP contribution < -0.4 is 0 Å². The van der Waals surface area contributed by atoms with Gasteiger partial charge in [-0.3, -0.25) is 0 Å². The summed E-state index contributed by atoms with van der Waals surface area (Å²) in [6.07, 6.45) is 0.931. The van der Waals surface area contributed by atoms with Gasteiger partial charge in [-0.2, -0.15) is 0 Å². The van der Waals surface area contributed by atoms with Crippen LogP contribution in [-0.2, 0) is 0 Å². The average Bonchev–Trinajstić information content (AvgIpc) is 2.97. The lowest BCUT2D eigenvalue weighted by molar-refractivity contribution is 0.672. The highest BCUT2D eigenvalue weighted by atomic mass is 35.5. The SMILES string of the molecule is CC1=C(Cl)C(CC2C(Cl)=C(C)c3ccccc32)c2ccccc21. The maximum absolute atomic E-state index is 6.70. The van der Waals surface area contributed by atoms with Gasteiger partial charge in [-0.05, 0) is 53.7 Å². The molecule has 0 heterocycles. The molecule has 2 aliphatic rings. The molecule has 2 aliphatic carbocycles. The minimum atomic E-state index is 0.241. The van der Waals surface area contributed by atoms with Gasteiger partial charge in [0.25, 0.3) is 0 Å². The Morgan fingerprint density at radius 3 is 1.52 bits per heavy atom. The van der Waals surface area contributed by atoms with Crippen LogP contribution in [0.1, 0.15) is 54.4 Å². The molecular weight excluding hydrogens is 323 g/mol. The van der Waals surface area contributed by atoms with Crippen LogP contribution in [0.15, 0.2) is 58.6 Å². The van der Waals surface area contributed by atoms with Crippen molar-refractivity contribution in [2.45, 2.75) is 32.1 Å². The molecule has 2 aromatic rings. The molecular formula is C21H18Cl2. The zero-order valence-electron chi connectivity index (χ0n) is 13.2. The van der Waals surface area contributed by atoms with Crippen molar-refractivity contribution in [3.05, 3.63) is 80.8 Å². The second kappa shape index (κ2) is 5.54. The van der Waals surface area contributed by atoms with Crippen molar-refractivity contribution in [3.63, 3.8) is 0 Å². The van der Waals surface area contributed by atoms with Gasteiger partial charge in [0, 0.05) is 21.9 Å². The Kier molecular flexibility index (Phi) is 3.63. The van der Waals surface area contributed by atoms with E-state index in [0.29, 0.717) is 0 Å². The fourth-order valence-electron chi connectivity index (χ4n) is 4.03. The first-order valence-corrected chi connectivity index (χ1v) is 8.76. The maximum Gasteiger partial charge on any atom is 0.0291 e. The Balaban J connectivity index is 1.75. The molecule has 0 nitrogen and oxygen atoms in total. The van der Waals surface area contributed by atoms with Crippen molar-refractivity contribution in [1.29, 1.82) is 0 Å². The molecule has 0 saturated carbocycles. The second-order valence-electron chi connectivity index (χ2n) is 6.46. The number of benzene rings is 2. The smallest absolute Gasteiger partial charge is 0.0291 e. The molecule has 2 unspecified atom stereocenters. The number of hydrogen-bond acceptors (Lipinski definition) is 0. The van der Waals surface area contributed by atoms with Crippen LogP contribution in [0, 0.1) is 0 Å². The first kappa shape index (κ1) is 15.1. The largest absolute Gasteiger partial charge is 0.0882 e. The Morgan fingerprint density at radius 2 is 1.09 bits per heavy atom. The topological polar surface area (TPSA) is 0 Å². The summed E-state index contributed by atoms with van der Waals surface area (Å²) in [6.45, 7) is 4.24. The van der Waals surface area contributed by atoms with Crippen molar-refractivity contribution in [3.8, 4) is 0 Å². The zero-order chi connectivity index (χ0) is 16.1. The quantitative estimate of drug-likeness (QED) is 0.557. The van der Waals surface area contributed by atoms with Crippen molar-refractivity contribution in [2.75, 3.05) is 0 Å². The Hall–Kier alpha value is -1.50. The monoisotopic (exact) mass is 340 g/mol. The minimum absolute atomic E-state index is 0.241. The summed E-state index contributed by atoms with van der Waals surface area (Å²) in [4.78, 5) is 0. The van der Waals surface area contributed by atoms with E-state index in [1.807, 2.05) is 0 Å². The van der Waals surface area contributed by atoms with Crippen LogP contribution in [0.5, 0.6) is 0 Å². The molecule has 0 amide bonds. The number of halogens is 2. The standard InChI is InChI=1S/C21H18Cl2/c1-12-14-7-3-5-9-16(14)18(20(12)22)11-19-17-10-6-4-8-15(17)13(2)21(19)23/h3-10,18-19H,11H2,1-2H3. The average molecular weight is 341 g/mol. The van der Waals surface area contributed by atoms with Crippen molar-refractivity contribution >= 4 is 34.3 Å². The molecule has 0 aromatic heterocycles. The summed E-state index contributed by atoms with van der Waals surface area (Å²) in [5.41, 5.74) is 7.64. The van der Waals surface area contributed by atoms with Gasteiger partial charge in [-0.15, -0.1) is 0 Å². The van der Waals surface area contributed by atoms with Gasteiger partial charge in [0.2, 0.25) is 0 Å². The normalized spacial score (nSPS) is 22.6. The Morgan fingerprint density at radius 1 is 0.696 bits per heavy atom. The van der Waals surface area contributed by atoms with E-state index in [0.717, 1.165) is 16.5 Å². The fourth-order valence-corrected chi connectivity index (χ4v) is 4.65. The van der Waals surface area contributed by atoms with Crippen LogP contribution in [0.2, 0.25) is 0 Å². The molecule has 2 aromatic carbocycles. The van der Waals surface area contributed by atoms with E-state index in [-0.39, 0.29) is 11.8 Å². The molecule has 0 spiro atoms. The molecule has 4 rings (SSSR count). The maximum atomic E-state index is 6.70. The third-order valence-electron chi connectivity index (χ3n) is 5.28. The summed E-state index contributed by atoms with van der Waals surface area (Å²) in [5.74, 6) is 0.483. The van der Waals surface area contributed by atoms with Crippen molar-refractivity contribution in [2.24, 2.45) is 0 Å².